The molecule has 0 saturated carbocycles. The first kappa shape index (κ1) is 13.0. The zero-order chi connectivity index (χ0) is 12.3. The lowest BCUT2D eigenvalue weighted by molar-refractivity contribution is -0.139. The Balaban J connectivity index is 2.80. The molecule has 1 unspecified atom stereocenters. The van der Waals surface area contributed by atoms with E-state index in [1.807, 2.05) is 11.8 Å². The molecule has 1 rings (SSSR count). The van der Waals surface area contributed by atoms with E-state index >= 15 is 0 Å². The summed E-state index contributed by atoms with van der Waals surface area (Å²) in [6.07, 6.45) is 0.980. The van der Waals surface area contributed by atoms with Crippen LogP contribution < -0.4 is 0 Å². The zero-order valence-corrected chi connectivity index (χ0v) is 10.7. The van der Waals surface area contributed by atoms with Gasteiger partial charge >= 0.3 is 0 Å². The second kappa shape index (κ2) is 4.84. The van der Waals surface area contributed by atoms with Gasteiger partial charge in [0.2, 0.25) is 5.91 Å². The largest absolute Gasteiger partial charge is 0.337 e. The van der Waals surface area contributed by atoms with Crippen molar-refractivity contribution in [2.24, 2.45) is 5.41 Å². The van der Waals surface area contributed by atoms with Crippen molar-refractivity contribution >= 4 is 5.91 Å². The smallest absolute Gasteiger partial charge is 0.242 e. The van der Waals surface area contributed by atoms with Crippen molar-refractivity contribution in [2.75, 3.05) is 26.7 Å². The Morgan fingerprint density at radius 3 is 2.62 bits per heavy atom. The first-order valence-corrected chi connectivity index (χ1v) is 5.79. The highest BCUT2D eigenvalue weighted by molar-refractivity contribution is 5.84. The van der Waals surface area contributed by atoms with E-state index in [1.165, 1.54) is 0 Å². The van der Waals surface area contributed by atoms with Gasteiger partial charge in [0.25, 0.3) is 0 Å². The summed E-state index contributed by atoms with van der Waals surface area (Å²) < 4.78 is 0. The highest BCUT2D eigenvalue weighted by Gasteiger charge is 2.35. The third-order valence-corrected chi connectivity index (χ3v) is 3.12. The Hall–Kier alpha value is -1.08. The number of carbonyl (C=O) groups excluding carboxylic acids is 1. The van der Waals surface area contributed by atoms with Gasteiger partial charge in [-0.3, -0.25) is 4.79 Å². The lowest BCUT2D eigenvalue weighted by Gasteiger charge is -2.32. The van der Waals surface area contributed by atoms with E-state index in [9.17, 15) is 4.79 Å². The van der Waals surface area contributed by atoms with Gasteiger partial charge < -0.3 is 9.80 Å². The van der Waals surface area contributed by atoms with Gasteiger partial charge in [-0.15, -0.1) is 0 Å². The zero-order valence-electron chi connectivity index (χ0n) is 10.7. The monoisotopic (exact) mass is 223 g/mol. The highest BCUT2D eigenvalue weighted by Crippen LogP contribution is 2.21. The van der Waals surface area contributed by atoms with Gasteiger partial charge in [0.05, 0.1) is 6.07 Å². The quantitative estimate of drug-likeness (QED) is 0.668. The van der Waals surface area contributed by atoms with Gasteiger partial charge in [-0.2, -0.15) is 5.26 Å². The first-order chi connectivity index (χ1) is 7.38. The molecule has 16 heavy (non-hydrogen) atoms. The number of rotatable bonds is 1. The van der Waals surface area contributed by atoms with Crippen molar-refractivity contribution in [3.63, 3.8) is 0 Å². The maximum absolute atomic E-state index is 12.2. The summed E-state index contributed by atoms with van der Waals surface area (Å²) in [5.74, 6) is -0.0437. The fraction of sp³-hybridized carbons (Fsp3) is 0.833. The van der Waals surface area contributed by atoms with E-state index in [-0.39, 0.29) is 11.9 Å². The van der Waals surface area contributed by atoms with Gasteiger partial charge in [-0.25, -0.2) is 0 Å². The minimum atomic E-state index is -0.906. The van der Waals surface area contributed by atoms with Crippen LogP contribution in [-0.2, 0) is 4.79 Å². The first-order valence-electron chi connectivity index (χ1n) is 5.79. The van der Waals surface area contributed by atoms with Crippen molar-refractivity contribution in [3.05, 3.63) is 0 Å². The molecule has 0 N–H and O–H groups in total. The van der Waals surface area contributed by atoms with Gasteiger partial charge in [-0.05, 0) is 40.8 Å². The molecule has 0 spiro atoms. The van der Waals surface area contributed by atoms with Crippen LogP contribution in [0.2, 0.25) is 0 Å². The Morgan fingerprint density at radius 1 is 1.44 bits per heavy atom. The summed E-state index contributed by atoms with van der Waals surface area (Å²) >= 11 is 0. The maximum Gasteiger partial charge on any atom is 0.242 e. The number of nitriles is 1. The summed E-state index contributed by atoms with van der Waals surface area (Å²) in [5.41, 5.74) is -0.906. The topological polar surface area (TPSA) is 47.3 Å². The van der Waals surface area contributed by atoms with E-state index in [0.717, 1.165) is 26.1 Å². The normalized spacial score (nSPS) is 23.7. The van der Waals surface area contributed by atoms with Crippen LogP contribution in [0.5, 0.6) is 0 Å². The maximum atomic E-state index is 12.2. The van der Waals surface area contributed by atoms with Crippen molar-refractivity contribution in [2.45, 2.75) is 33.2 Å². The molecule has 1 atom stereocenters. The predicted octanol–water partition coefficient (Wildman–Crippen LogP) is 1.09. The van der Waals surface area contributed by atoms with Crippen LogP contribution in [0.1, 0.15) is 27.2 Å². The minimum absolute atomic E-state index is 0.0437. The van der Waals surface area contributed by atoms with Crippen LogP contribution in [0.15, 0.2) is 0 Å². The molecule has 0 aromatic carbocycles. The molecule has 1 fully saturated rings. The Kier molecular flexibility index (Phi) is 3.93. The van der Waals surface area contributed by atoms with Gasteiger partial charge in [0.15, 0.2) is 0 Å². The number of amides is 1. The molecule has 90 valence electrons. The molecule has 1 saturated heterocycles. The number of likely N-dealkylation sites (N-methyl/N-ethyl adjacent to an activating group) is 1. The third kappa shape index (κ3) is 2.73. The molecule has 4 heteroatoms. The second-order valence-electron chi connectivity index (χ2n) is 5.20. The third-order valence-electron chi connectivity index (χ3n) is 3.12. The molecule has 0 aromatic rings. The lowest BCUT2D eigenvalue weighted by atomic mass is 9.93. The number of hydrogen-bond donors (Lipinski definition) is 0. The molecule has 1 aliphatic rings. The van der Waals surface area contributed by atoms with Crippen molar-refractivity contribution < 1.29 is 4.79 Å². The molecular weight excluding hydrogens is 202 g/mol. The highest BCUT2D eigenvalue weighted by atomic mass is 16.2. The molecule has 1 amide bonds. The Bertz CT molecular complexity index is 306. The van der Waals surface area contributed by atoms with Crippen LogP contribution in [0, 0.1) is 16.7 Å². The predicted molar refractivity (Wildman–Crippen MR) is 62.7 cm³/mol. The molecular formula is C12H21N3O. The van der Waals surface area contributed by atoms with E-state index < -0.39 is 5.41 Å². The van der Waals surface area contributed by atoms with Gasteiger partial charge in [0, 0.05) is 19.1 Å². The fourth-order valence-corrected chi connectivity index (χ4v) is 2.08. The summed E-state index contributed by atoms with van der Waals surface area (Å²) in [5, 5.41) is 9.00. The van der Waals surface area contributed by atoms with Crippen LogP contribution in [0.3, 0.4) is 0 Å². The number of nitrogens with zero attached hydrogens (tertiary/aromatic N) is 3. The molecule has 0 aromatic heterocycles. The number of carbonyl (C=O) groups is 1. The summed E-state index contributed by atoms with van der Waals surface area (Å²) in [6, 6.07) is 2.27. The SMILES string of the molecule is CC1CN(C)CCCN1C(=O)C(C)(C)C#N. The van der Waals surface area contributed by atoms with E-state index in [2.05, 4.69) is 18.0 Å². The number of hydrogen-bond acceptors (Lipinski definition) is 3. The van der Waals surface area contributed by atoms with Gasteiger partial charge in [-0.1, -0.05) is 0 Å². The van der Waals surface area contributed by atoms with E-state index in [4.69, 9.17) is 5.26 Å². The molecule has 0 bridgehead atoms. The molecule has 4 nitrogen and oxygen atoms in total. The van der Waals surface area contributed by atoms with E-state index in [1.54, 1.807) is 13.8 Å². The lowest BCUT2D eigenvalue weighted by Crippen LogP contribution is -2.47. The van der Waals surface area contributed by atoms with Gasteiger partial charge in [0.1, 0.15) is 5.41 Å². The summed E-state index contributed by atoms with van der Waals surface area (Å²) in [7, 11) is 2.07. The van der Waals surface area contributed by atoms with Crippen molar-refractivity contribution in [1.29, 1.82) is 5.26 Å². The summed E-state index contributed by atoms with van der Waals surface area (Å²) in [4.78, 5) is 16.3. The molecule has 1 heterocycles. The molecule has 0 radical (unpaired) electrons. The van der Waals surface area contributed by atoms with Crippen LogP contribution in [0.25, 0.3) is 0 Å². The van der Waals surface area contributed by atoms with Crippen LogP contribution in [0.4, 0.5) is 0 Å². The van der Waals surface area contributed by atoms with E-state index in [0.29, 0.717) is 0 Å². The summed E-state index contributed by atoms with van der Waals surface area (Å²) in [6.45, 7) is 8.09. The molecule has 0 aliphatic carbocycles. The Morgan fingerprint density at radius 2 is 2.06 bits per heavy atom. The minimum Gasteiger partial charge on any atom is -0.337 e. The molecule has 1 aliphatic heterocycles. The van der Waals surface area contributed by atoms with Crippen LogP contribution in [-0.4, -0.2) is 48.4 Å². The van der Waals surface area contributed by atoms with Crippen molar-refractivity contribution in [1.82, 2.24) is 9.80 Å². The van der Waals surface area contributed by atoms with Crippen LogP contribution >= 0.6 is 0 Å². The van der Waals surface area contributed by atoms with Crippen molar-refractivity contribution in [3.8, 4) is 6.07 Å². The average molecular weight is 223 g/mol. The standard InChI is InChI=1S/C12H21N3O/c1-10-8-14(4)6-5-7-15(10)11(16)12(2,3)9-13/h10H,5-8H2,1-4H3. The fourth-order valence-electron chi connectivity index (χ4n) is 2.08. The average Bonchev–Trinajstić information content (AvgIpc) is 2.38. The second-order valence-corrected chi connectivity index (χ2v) is 5.20. The Labute approximate surface area is 97.8 Å².